The van der Waals surface area contributed by atoms with Crippen LogP contribution in [0.1, 0.15) is 0 Å². The lowest BCUT2D eigenvalue weighted by Crippen LogP contribution is -2.08. The van der Waals surface area contributed by atoms with Crippen molar-refractivity contribution in [3.63, 3.8) is 0 Å². The maximum Gasteiger partial charge on any atom is 0.238 e. The Hall–Kier alpha value is -2.43. The Bertz CT molecular complexity index is 552. The molecule has 0 atom stereocenters. The van der Waals surface area contributed by atoms with E-state index in [0.29, 0.717) is 17.4 Å². The van der Waals surface area contributed by atoms with Crippen molar-refractivity contribution in [3.8, 4) is 5.88 Å². The summed E-state index contributed by atoms with van der Waals surface area (Å²) in [4.78, 5) is 6.32. The van der Waals surface area contributed by atoms with Crippen LogP contribution in [0.4, 0.5) is 22.9 Å². The largest absolute Gasteiger partial charge is 0.479 e. The SMILES string of the molecule is COc1nc(Nc2ccc(N(C)C)cc2)ccc1N. The Morgan fingerprint density at radius 1 is 1.11 bits per heavy atom. The molecule has 0 fully saturated rings. The van der Waals surface area contributed by atoms with Gasteiger partial charge in [-0.2, -0.15) is 4.98 Å². The van der Waals surface area contributed by atoms with E-state index in [1.54, 1.807) is 13.2 Å². The topological polar surface area (TPSA) is 63.4 Å². The summed E-state index contributed by atoms with van der Waals surface area (Å²) in [5.41, 5.74) is 8.36. The number of nitrogen functional groups attached to an aromatic ring is 1. The van der Waals surface area contributed by atoms with Crippen molar-refractivity contribution in [2.45, 2.75) is 0 Å². The number of methoxy groups -OCH3 is 1. The molecule has 0 spiro atoms. The standard InChI is InChI=1S/C14H18N4O/c1-18(2)11-6-4-10(5-7-11)16-13-9-8-12(15)14(17-13)19-3/h4-9H,15H2,1-3H3,(H,16,17). The number of aromatic nitrogens is 1. The smallest absolute Gasteiger partial charge is 0.238 e. The summed E-state index contributed by atoms with van der Waals surface area (Å²) in [6, 6.07) is 11.7. The second-order valence-electron chi connectivity index (χ2n) is 4.36. The predicted octanol–water partition coefficient (Wildman–Crippen LogP) is 2.48. The van der Waals surface area contributed by atoms with Crippen LogP contribution in [0.25, 0.3) is 0 Å². The molecule has 0 saturated heterocycles. The number of nitrogens with two attached hydrogens (primary N) is 1. The second-order valence-corrected chi connectivity index (χ2v) is 4.36. The quantitative estimate of drug-likeness (QED) is 0.882. The molecule has 1 heterocycles. The second kappa shape index (κ2) is 5.48. The third-order valence-electron chi connectivity index (χ3n) is 2.74. The Kier molecular flexibility index (Phi) is 3.75. The van der Waals surface area contributed by atoms with Gasteiger partial charge in [0.05, 0.1) is 12.8 Å². The highest BCUT2D eigenvalue weighted by Crippen LogP contribution is 2.23. The van der Waals surface area contributed by atoms with Crippen molar-refractivity contribution in [3.05, 3.63) is 36.4 Å². The molecule has 100 valence electrons. The first-order valence-corrected chi connectivity index (χ1v) is 5.95. The molecule has 0 unspecified atom stereocenters. The molecule has 0 amide bonds. The molecular weight excluding hydrogens is 240 g/mol. The minimum absolute atomic E-state index is 0.426. The summed E-state index contributed by atoms with van der Waals surface area (Å²) < 4.78 is 5.09. The highest BCUT2D eigenvalue weighted by atomic mass is 16.5. The van der Waals surface area contributed by atoms with E-state index in [1.807, 2.05) is 49.3 Å². The van der Waals surface area contributed by atoms with E-state index < -0.39 is 0 Å². The molecule has 0 bridgehead atoms. The Morgan fingerprint density at radius 2 is 1.79 bits per heavy atom. The first-order chi connectivity index (χ1) is 9.10. The van der Waals surface area contributed by atoms with Crippen LogP contribution in [0.3, 0.4) is 0 Å². The van der Waals surface area contributed by atoms with Crippen molar-refractivity contribution in [2.75, 3.05) is 37.2 Å². The molecular formula is C14H18N4O. The van der Waals surface area contributed by atoms with E-state index in [2.05, 4.69) is 10.3 Å². The van der Waals surface area contributed by atoms with Crippen LogP contribution < -0.4 is 20.7 Å². The minimum atomic E-state index is 0.426. The summed E-state index contributed by atoms with van der Waals surface area (Å²) >= 11 is 0. The van der Waals surface area contributed by atoms with Gasteiger partial charge in [-0.3, -0.25) is 0 Å². The molecule has 3 N–H and O–H groups in total. The zero-order valence-electron chi connectivity index (χ0n) is 11.3. The van der Waals surface area contributed by atoms with E-state index in [4.69, 9.17) is 10.5 Å². The third kappa shape index (κ3) is 3.07. The molecule has 0 radical (unpaired) electrons. The summed E-state index contributed by atoms with van der Waals surface area (Å²) in [5, 5.41) is 3.21. The number of nitrogens with one attached hydrogen (secondary N) is 1. The maximum absolute atomic E-state index is 5.73. The Morgan fingerprint density at radius 3 is 2.37 bits per heavy atom. The number of hydrogen-bond acceptors (Lipinski definition) is 5. The van der Waals surface area contributed by atoms with Crippen molar-refractivity contribution in [1.29, 1.82) is 0 Å². The molecule has 5 heteroatoms. The average Bonchev–Trinajstić information content (AvgIpc) is 2.41. The van der Waals surface area contributed by atoms with E-state index in [-0.39, 0.29) is 0 Å². The van der Waals surface area contributed by atoms with Crippen LogP contribution >= 0.6 is 0 Å². The minimum Gasteiger partial charge on any atom is -0.479 e. The maximum atomic E-state index is 5.73. The van der Waals surface area contributed by atoms with Gasteiger partial charge in [0.25, 0.3) is 0 Å². The van der Waals surface area contributed by atoms with Gasteiger partial charge in [0.1, 0.15) is 5.82 Å². The van der Waals surface area contributed by atoms with Gasteiger partial charge in [0, 0.05) is 25.5 Å². The number of benzene rings is 1. The van der Waals surface area contributed by atoms with Gasteiger partial charge in [0.2, 0.25) is 5.88 Å². The molecule has 0 saturated carbocycles. The van der Waals surface area contributed by atoms with Gasteiger partial charge >= 0.3 is 0 Å². The zero-order valence-corrected chi connectivity index (χ0v) is 11.3. The molecule has 1 aromatic heterocycles. The van der Waals surface area contributed by atoms with Crippen molar-refractivity contribution in [2.24, 2.45) is 0 Å². The van der Waals surface area contributed by atoms with Gasteiger partial charge < -0.3 is 20.7 Å². The number of rotatable bonds is 4. The molecule has 19 heavy (non-hydrogen) atoms. The number of ether oxygens (including phenoxy) is 1. The van der Waals surface area contributed by atoms with Crippen LogP contribution in [-0.2, 0) is 0 Å². The number of pyridine rings is 1. The molecule has 2 aromatic rings. The highest BCUT2D eigenvalue weighted by Gasteiger charge is 2.03. The number of anilines is 4. The lowest BCUT2D eigenvalue weighted by molar-refractivity contribution is 0.401. The van der Waals surface area contributed by atoms with Crippen molar-refractivity contribution >= 4 is 22.9 Å². The van der Waals surface area contributed by atoms with Gasteiger partial charge in [-0.05, 0) is 36.4 Å². The molecule has 0 aliphatic carbocycles. The summed E-state index contributed by atoms with van der Waals surface area (Å²) in [6.45, 7) is 0. The number of nitrogens with zero attached hydrogens (tertiary/aromatic N) is 2. The van der Waals surface area contributed by atoms with Crippen LogP contribution in [0.5, 0.6) is 5.88 Å². The third-order valence-corrected chi connectivity index (χ3v) is 2.74. The Labute approximate surface area is 113 Å². The van der Waals surface area contributed by atoms with Gasteiger partial charge in [-0.25, -0.2) is 0 Å². The van der Waals surface area contributed by atoms with E-state index >= 15 is 0 Å². The van der Waals surface area contributed by atoms with Gasteiger partial charge in [-0.15, -0.1) is 0 Å². The lowest BCUT2D eigenvalue weighted by atomic mass is 10.2. The normalized spacial score (nSPS) is 10.1. The van der Waals surface area contributed by atoms with Crippen LogP contribution in [-0.4, -0.2) is 26.2 Å². The predicted molar refractivity (Wildman–Crippen MR) is 79.3 cm³/mol. The monoisotopic (exact) mass is 258 g/mol. The van der Waals surface area contributed by atoms with E-state index in [9.17, 15) is 0 Å². The molecule has 1 aromatic carbocycles. The fourth-order valence-corrected chi connectivity index (χ4v) is 1.68. The molecule has 2 rings (SSSR count). The van der Waals surface area contributed by atoms with E-state index in [1.165, 1.54) is 0 Å². The van der Waals surface area contributed by atoms with Crippen molar-refractivity contribution in [1.82, 2.24) is 4.98 Å². The van der Waals surface area contributed by atoms with Crippen LogP contribution in [0, 0.1) is 0 Å². The summed E-state index contributed by atoms with van der Waals surface area (Å²) in [5.74, 6) is 1.12. The molecule has 0 aliphatic heterocycles. The van der Waals surface area contributed by atoms with Gasteiger partial charge in [-0.1, -0.05) is 0 Å². The number of hydrogen-bond donors (Lipinski definition) is 2. The summed E-state index contributed by atoms with van der Waals surface area (Å²) in [7, 11) is 5.57. The Balaban J connectivity index is 2.16. The summed E-state index contributed by atoms with van der Waals surface area (Å²) in [6.07, 6.45) is 0. The van der Waals surface area contributed by atoms with Crippen molar-refractivity contribution < 1.29 is 4.74 Å². The average molecular weight is 258 g/mol. The zero-order chi connectivity index (χ0) is 13.8. The van der Waals surface area contributed by atoms with Crippen LogP contribution in [0.15, 0.2) is 36.4 Å². The lowest BCUT2D eigenvalue weighted by Gasteiger charge is -2.13. The first-order valence-electron chi connectivity index (χ1n) is 5.95. The van der Waals surface area contributed by atoms with E-state index in [0.717, 1.165) is 11.4 Å². The van der Waals surface area contributed by atoms with Crippen LogP contribution in [0.2, 0.25) is 0 Å². The fraction of sp³-hybridized carbons (Fsp3) is 0.214. The molecule has 5 nitrogen and oxygen atoms in total. The first kappa shape index (κ1) is 13.0. The van der Waals surface area contributed by atoms with Gasteiger partial charge in [0.15, 0.2) is 0 Å². The molecule has 0 aliphatic rings. The highest BCUT2D eigenvalue weighted by molar-refractivity contribution is 5.63. The fourth-order valence-electron chi connectivity index (χ4n) is 1.68.